The zero-order valence-electron chi connectivity index (χ0n) is 18.5. The Labute approximate surface area is 191 Å². The minimum absolute atomic E-state index is 0.0403. The summed E-state index contributed by atoms with van der Waals surface area (Å²) >= 11 is 0. The number of alkyl halides is 3. The largest absolute Gasteiger partial charge is 0.416 e. The molecule has 1 aromatic carbocycles. The lowest BCUT2D eigenvalue weighted by Crippen LogP contribution is -2.39. The maximum atomic E-state index is 13.0. The van der Waals surface area contributed by atoms with Crippen LogP contribution in [-0.2, 0) is 10.9 Å². The first-order valence-electron chi connectivity index (χ1n) is 11.4. The second-order valence-corrected chi connectivity index (χ2v) is 8.58. The average molecular weight is 463 g/mol. The van der Waals surface area contributed by atoms with Crippen molar-refractivity contribution in [3.05, 3.63) is 53.7 Å². The maximum Gasteiger partial charge on any atom is 0.416 e. The summed E-state index contributed by atoms with van der Waals surface area (Å²) in [6.07, 6.45) is 0.417. The number of amides is 1. The number of rotatable bonds is 6. The van der Waals surface area contributed by atoms with Crippen LogP contribution >= 0.6 is 0 Å². The van der Waals surface area contributed by atoms with E-state index in [0.29, 0.717) is 17.4 Å². The van der Waals surface area contributed by atoms with Crippen LogP contribution in [0, 0.1) is 5.92 Å². The summed E-state index contributed by atoms with van der Waals surface area (Å²) in [5.74, 6) is 0.719. The quantitative estimate of drug-likeness (QED) is 0.694. The molecule has 2 fully saturated rings. The van der Waals surface area contributed by atoms with Crippen LogP contribution in [0.5, 0.6) is 0 Å². The van der Waals surface area contributed by atoms with Crippen LogP contribution in [0.1, 0.15) is 35.2 Å². The lowest BCUT2D eigenvalue weighted by atomic mass is 9.93. The van der Waals surface area contributed by atoms with Crippen LogP contribution < -0.4 is 10.2 Å². The third-order valence-corrected chi connectivity index (χ3v) is 6.36. The Kier molecular flexibility index (Phi) is 7.49. The highest BCUT2D eigenvalue weighted by Gasteiger charge is 2.31. The Bertz CT molecular complexity index is 939. The molecule has 2 aromatic rings. The summed E-state index contributed by atoms with van der Waals surface area (Å²) in [6.45, 7) is 6.38. The van der Waals surface area contributed by atoms with Crippen LogP contribution in [0.2, 0.25) is 0 Å². The molecule has 0 bridgehead atoms. The van der Waals surface area contributed by atoms with Gasteiger partial charge in [0.1, 0.15) is 0 Å². The number of pyridine rings is 1. The molecule has 1 aromatic heterocycles. The molecule has 0 saturated carbocycles. The van der Waals surface area contributed by atoms with Gasteiger partial charge in [0.25, 0.3) is 5.91 Å². The van der Waals surface area contributed by atoms with Gasteiger partial charge in [0.05, 0.1) is 24.5 Å². The van der Waals surface area contributed by atoms with Crippen molar-refractivity contribution in [2.24, 2.45) is 5.92 Å². The van der Waals surface area contributed by atoms with Crippen molar-refractivity contribution >= 4 is 17.4 Å². The topological polar surface area (TPSA) is 57.7 Å². The maximum absolute atomic E-state index is 13.0. The van der Waals surface area contributed by atoms with E-state index in [1.165, 1.54) is 12.1 Å². The molecule has 4 rings (SSSR count). The number of halogens is 3. The zero-order valence-corrected chi connectivity index (χ0v) is 18.5. The Hall–Kier alpha value is -2.65. The molecule has 9 heteroatoms. The lowest BCUT2D eigenvalue weighted by molar-refractivity contribution is -0.137. The molecule has 2 aliphatic rings. The van der Waals surface area contributed by atoms with Crippen LogP contribution in [0.3, 0.4) is 0 Å². The van der Waals surface area contributed by atoms with Crippen molar-refractivity contribution in [1.29, 1.82) is 0 Å². The molecule has 0 aliphatic carbocycles. The van der Waals surface area contributed by atoms with Crippen LogP contribution in [0.25, 0.3) is 0 Å². The van der Waals surface area contributed by atoms with Gasteiger partial charge < -0.3 is 15.0 Å². The molecule has 1 N–H and O–H groups in total. The standard InChI is InChI=1S/C24H29F3N4O2/c25-24(26,27)20-4-1-3-19(17-20)23(32)29-21-5-2-9-28-22(21)31-11-7-18(8-12-31)6-10-30-13-15-33-16-14-30/h1-5,9,17-18H,6-8,10-16H2,(H,29,32). The van der Waals surface area contributed by atoms with Gasteiger partial charge in [-0.05, 0) is 62.1 Å². The number of anilines is 2. The highest BCUT2D eigenvalue weighted by Crippen LogP contribution is 2.31. The van der Waals surface area contributed by atoms with Crippen molar-refractivity contribution in [2.45, 2.75) is 25.4 Å². The number of nitrogens with one attached hydrogen (secondary N) is 1. The van der Waals surface area contributed by atoms with Crippen molar-refractivity contribution in [1.82, 2.24) is 9.88 Å². The molecular weight excluding hydrogens is 433 g/mol. The smallest absolute Gasteiger partial charge is 0.379 e. The number of ether oxygens (including phenoxy) is 1. The number of morpholine rings is 1. The van der Waals surface area contributed by atoms with E-state index in [9.17, 15) is 18.0 Å². The SMILES string of the molecule is O=C(Nc1cccnc1N1CCC(CCN2CCOCC2)CC1)c1cccc(C(F)(F)F)c1. The summed E-state index contributed by atoms with van der Waals surface area (Å²) in [4.78, 5) is 21.7. The summed E-state index contributed by atoms with van der Waals surface area (Å²) in [7, 11) is 0. The van der Waals surface area contributed by atoms with Gasteiger partial charge in [0.2, 0.25) is 0 Å². The Morgan fingerprint density at radius 3 is 2.58 bits per heavy atom. The third kappa shape index (κ3) is 6.23. The van der Waals surface area contributed by atoms with Gasteiger partial charge in [-0.1, -0.05) is 6.07 Å². The van der Waals surface area contributed by atoms with E-state index in [1.807, 2.05) is 0 Å². The fraction of sp³-hybridized carbons (Fsp3) is 0.500. The minimum atomic E-state index is -4.50. The van der Waals surface area contributed by atoms with Crippen molar-refractivity contribution in [3.63, 3.8) is 0 Å². The van der Waals surface area contributed by atoms with Crippen molar-refractivity contribution in [3.8, 4) is 0 Å². The van der Waals surface area contributed by atoms with Gasteiger partial charge in [-0.3, -0.25) is 9.69 Å². The van der Waals surface area contributed by atoms with Crippen LogP contribution in [0.15, 0.2) is 42.6 Å². The molecule has 2 aliphatic heterocycles. The van der Waals surface area contributed by atoms with E-state index >= 15 is 0 Å². The van der Waals surface area contributed by atoms with Crippen LogP contribution in [-0.4, -0.2) is 61.7 Å². The lowest BCUT2D eigenvalue weighted by Gasteiger charge is -2.35. The highest BCUT2D eigenvalue weighted by molar-refractivity contribution is 6.05. The number of piperidine rings is 1. The van der Waals surface area contributed by atoms with Crippen LogP contribution in [0.4, 0.5) is 24.7 Å². The first-order chi connectivity index (χ1) is 15.9. The summed E-state index contributed by atoms with van der Waals surface area (Å²) in [5.41, 5.74) is -0.381. The van der Waals surface area contributed by atoms with E-state index in [2.05, 4.69) is 20.1 Å². The average Bonchev–Trinajstić information content (AvgIpc) is 2.84. The Morgan fingerprint density at radius 1 is 1.09 bits per heavy atom. The van der Waals surface area contributed by atoms with Gasteiger partial charge in [-0.25, -0.2) is 4.98 Å². The molecule has 1 amide bonds. The minimum Gasteiger partial charge on any atom is -0.379 e. The monoisotopic (exact) mass is 462 g/mol. The number of carbonyl (C=O) groups excluding carboxylic acids is 1. The predicted molar refractivity (Wildman–Crippen MR) is 120 cm³/mol. The van der Waals surface area contributed by atoms with E-state index in [1.54, 1.807) is 18.3 Å². The molecule has 0 unspecified atom stereocenters. The van der Waals surface area contributed by atoms with Crippen molar-refractivity contribution in [2.75, 3.05) is 56.2 Å². The number of hydrogen-bond acceptors (Lipinski definition) is 5. The molecule has 3 heterocycles. The normalized spacial score (nSPS) is 18.3. The number of benzene rings is 1. The second kappa shape index (κ2) is 10.5. The predicted octanol–water partition coefficient (Wildman–Crippen LogP) is 4.29. The second-order valence-electron chi connectivity index (χ2n) is 8.58. The van der Waals surface area contributed by atoms with Gasteiger partial charge in [0, 0.05) is 37.9 Å². The number of carbonyl (C=O) groups is 1. The summed E-state index contributed by atoms with van der Waals surface area (Å²) in [5, 5.41) is 2.75. The van der Waals surface area contributed by atoms with Gasteiger partial charge >= 0.3 is 6.18 Å². The van der Waals surface area contributed by atoms with Gasteiger partial charge in [-0.2, -0.15) is 13.2 Å². The van der Waals surface area contributed by atoms with Gasteiger partial charge in [0.15, 0.2) is 5.82 Å². The highest BCUT2D eigenvalue weighted by atomic mass is 19.4. The van der Waals surface area contributed by atoms with Gasteiger partial charge in [-0.15, -0.1) is 0 Å². The molecule has 6 nitrogen and oxygen atoms in total. The Morgan fingerprint density at radius 2 is 1.85 bits per heavy atom. The van der Waals surface area contributed by atoms with E-state index < -0.39 is 17.6 Å². The number of hydrogen-bond donors (Lipinski definition) is 1. The molecule has 2 saturated heterocycles. The van der Waals surface area contributed by atoms with E-state index in [0.717, 1.165) is 77.3 Å². The first-order valence-corrected chi connectivity index (χ1v) is 11.4. The fourth-order valence-electron chi connectivity index (χ4n) is 4.40. The Balaban J connectivity index is 1.35. The molecule has 0 spiro atoms. The molecule has 33 heavy (non-hydrogen) atoms. The van der Waals surface area contributed by atoms with E-state index in [4.69, 9.17) is 4.74 Å². The third-order valence-electron chi connectivity index (χ3n) is 6.36. The summed E-state index contributed by atoms with van der Waals surface area (Å²) < 4.78 is 44.4. The summed E-state index contributed by atoms with van der Waals surface area (Å²) in [6, 6.07) is 7.88. The zero-order chi connectivity index (χ0) is 23.3. The molecule has 178 valence electrons. The number of aromatic nitrogens is 1. The van der Waals surface area contributed by atoms with Crippen molar-refractivity contribution < 1.29 is 22.7 Å². The molecule has 0 radical (unpaired) electrons. The fourth-order valence-corrected chi connectivity index (χ4v) is 4.40. The van der Waals surface area contributed by atoms with E-state index in [-0.39, 0.29) is 5.56 Å². The molecular formula is C24H29F3N4O2. The first kappa shape index (κ1) is 23.5. The molecule has 0 atom stereocenters. The number of nitrogens with zero attached hydrogens (tertiary/aromatic N) is 3.